The molecule has 0 unspecified atom stereocenters. The molecule has 400 valence electrons. The van der Waals surface area contributed by atoms with E-state index in [0.29, 0.717) is 17.5 Å². The van der Waals surface area contributed by atoms with Crippen LogP contribution >= 0.6 is 0 Å². The Hall–Kier alpha value is -8.25. The number of nitrogens with zero attached hydrogens (tertiary/aromatic N) is 3. The average Bonchev–Trinajstić information content (AvgIpc) is 4.02. The third-order valence-corrected chi connectivity index (χ3v) is 12.6. The second-order valence-corrected chi connectivity index (χ2v) is 18.4. The summed E-state index contributed by atoms with van der Waals surface area (Å²) < 4.78 is 0. The SMILES string of the molecule is CC(=O)N[C@@H](CCCN=C(N)N)C(=O)N[C@H]1CC(=O)NCCCC[C@@H](C(N)=O)NC(=O)[C@H](Cc2c[nH]c3ccccc23)NC(=O)[C@H](CCCN=C(N)N)NC(=O)[C@@H](Cc2ccccc2)NC(=O)[C@H]2CCCN2C1=O. The van der Waals surface area contributed by atoms with Gasteiger partial charge >= 0.3 is 0 Å². The summed E-state index contributed by atoms with van der Waals surface area (Å²) in [6, 6.07) is 7.08. The number of aromatic amines is 1. The van der Waals surface area contributed by atoms with Crippen molar-refractivity contribution in [2.24, 2.45) is 38.7 Å². The lowest BCUT2D eigenvalue weighted by molar-refractivity contribution is -0.143. The molecule has 25 heteroatoms. The van der Waals surface area contributed by atoms with Crippen molar-refractivity contribution in [3.8, 4) is 0 Å². The van der Waals surface area contributed by atoms with Crippen LogP contribution < -0.4 is 65.9 Å². The number of fused-ring (bicyclic) bond motifs is 2. The minimum atomic E-state index is -1.53. The van der Waals surface area contributed by atoms with Gasteiger partial charge in [0.1, 0.15) is 42.3 Å². The van der Waals surface area contributed by atoms with Crippen LogP contribution in [0.25, 0.3) is 10.9 Å². The first-order valence-electron chi connectivity index (χ1n) is 24.7. The van der Waals surface area contributed by atoms with E-state index < -0.39 is 102 Å². The molecule has 9 amide bonds. The highest BCUT2D eigenvalue weighted by Gasteiger charge is 2.41. The number of hydrogen-bond acceptors (Lipinski definition) is 11. The van der Waals surface area contributed by atoms with E-state index in [1.54, 1.807) is 36.5 Å². The van der Waals surface area contributed by atoms with Crippen molar-refractivity contribution >= 4 is 76.0 Å². The van der Waals surface area contributed by atoms with Gasteiger partial charge in [-0.3, -0.25) is 53.1 Å². The number of carbonyl (C=O) groups excluding carboxylic acids is 9. The first kappa shape index (κ1) is 56.7. The zero-order chi connectivity index (χ0) is 53.7. The fourth-order valence-electron chi connectivity index (χ4n) is 8.88. The van der Waals surface area contributed by atoms with Crippen LogP contribution in [0.1, 0.15) is 82.3 Å². The second kappa shape index (κ2) is 28.1. The molecule has 2 aromatic carbocycles. The number of aliphatic imine (C=N–C) groups is 2. The number of H-pyrrole nitrogens is 1. The molecule has 2 aliphatic rings. The second-order valence-electron chi connectivity index (χ2n) is 18.4. The lowest BCUT2D eigenvalue weighted by Gasteiger charge is -2.31. The maximum absolute atomic E-state index is 14.6. The highest BCUT2D eigenvalue weighted by molar-refractivity contribution is 5.99. The van der Waals surface area contributed by atoms with Gasteiger partial charge in [0.2, 0.25) is 53.2 Å². The van der Waals surface area contributed by atoms with Crippen molar-refractivity contribution in [2.45, 2.75) is 126 Å². The van der Waals surface area contributed by atoms with Crippen LogP contribution in [0.4, 0.5) is 0 Å². The molecule has 1 aromatic heterocycles. The molecule has 5 rings (SSSR count). The zero-order valence-corrected chi connectivity index (χ0v) is 41.5. The highest BCUT2D eigenvalue weighted by Crippen LogP contribution is 2.22. The molecule has 25 nitrogen and oxygen atoms in total. The number of rotatable bonds is 16. The summed E-state index contributed by atoms with van der Waals surface area (Å²) in [5.74, 6) is -6.96. The van der Waals surface area contributed by atoms with Crippen LogP contribution in [-0.2, 0) is 56.0 Å². The predicted molar refractivity (Wildman–Crippen MR) is 275 cm³/mol. The molecule has 74 heavy (non-hydrogen) atoms. The molecule has 2 saturated heterocycles. The van der Waals surface area contributed by atoms with Crippen LogP contribution in [0.3, 0.4) is 0 Å². The smallest absolute Gasteiger partial charge is 0.246 e. The maximum atomic E-state index is 14.6. The van der Waals surface area contributed by atoms with Gasteiger partial charge in [0.25, 0.3) is 0 Å². The van der Waals surface area contributed by atoms with Gasteiger partial charge in [-0.25, -0.2) is 0 Å². The van der Waals surface area contributed by atoms with Gasteiger partial charge in [-0.1, -0.05) is 48.5 Å². The summed E-state index contributed by atoms with van der Waals surface area (Å²) in [4.78, 5) is 137. The fourth-order valence-corrected chi connectivity index (χ4v) is 8.88. The summed E-state index contributed by atoms with van der Waals surface area (Å²) in [5.41, 5.74) is 29.9. The number of benzene rings is 2. The van der Waals surface area contributed by atoms with Gasteiger partial charge in [0, 0.05) is 63.0 Å². The summed E-state index contributed by atoms with van der Waals surface area (Å²) in [5, 5.41) is 19.8. The van der Waals surface area contributed by atoms with Gasteiger partial charge in [-0.15, -0.1) is 0 Å². The Balaban J connectivity index is 1.51. The van der Waals surface area contributed by atoms with E-state index >= 15 is 0 Å². The highest BCUT2D eigenvalue weighted by atomic mass is 16.2. The van der Waals surface area contributed by atoms with Crippen molar-refractivity contribution in [1.82, 2.24) is 47.1 Å². The number of nitrogens with one attached hydrogen (secondary N) is 8. The van der Waals surface area contributed by atoms with Crippen LogP contribution in [0.15, 0.2) is 70.8 Å². The van der Waals surface area contributed by atoms with E-state index in [1.165, 1.54) is 11.8 Å². The normalized spacial score (nSPS) is 22.1. The third-order valence-electron chi connectivity index (χ3n) is 12.6. The minimum Gasteiger partial charge on any atom is -0.370 e. The largest absolute Gasteiger partial charge is 0.370 e. The maximum Gasteiger partial charge on any atom is 0.246 e. The van der Waals surface area contributed by atoms with Crippen molar-refractivity contribution in [3.63, 3.8) is 0 Å². The van der Waals surface area contributed by atoms with Crippen molar-refractivity contribution in [3.05, 3.63) is 71.9 Å². The van der Waals surface area contributed by atoms with Crippen molar-refractivity contribution in [1.29, 1.82) is 0 Å². The Labute approximate surface area is 428 Å². The molecule has 18 N–H and O–H groups in total. The Morgan fingerprint density at radius 3 is 2.07 bits per heavy atom. The standard InChI is InChI=1S/C49H70N16O9/c1-28(66)59-34(17-9-21-56-48(51)52)42(69)64-38-26-40(67)55-20-8-7-16-33(41(50)68)60-45(72)37(25-30-27-58-32-15-6-5-14-31(30)32)62-43(70)35(18-10-22-57-49(53)54)61-44(71)36(24-29-12-3-2-4-13-29)63-46(73)39-19-11-23-65(39)47(38)74/h2-6,12-15,27,33-39,58H,7-11,16-26H2,1H3,(H2,50,68)(H,55,67)(H,59,66)(H,60,72)(H,61,71)(H,62,70)(H,63,73)(H,64,69)(H4,51,52,56)(H4,53,54,57)/t33-,34-,35-,36+,37-,38-,39+/m0/s1. The molecule has 0 spiro atoms. The number of para-hydroxylation sites is 1. The third kappa shape index (κ3) is 17.5. The first-order chi connectivity index (χ1) is 35.4. The molecular weight excluding hydrogens is 957 g/mol. The lowest BCUT2D eigenvalue weighted by atomic mass is 10.0. The molecule has 3 heterocycles. The van der Waals surface area contributed by atoms with Crippen LogP contribution in [0, 0.1) is 0 Å². The van der Waals surface area contributed by atoms with Gasteiger partial charge < -0.3 is 75.8 Å². The number of aromatic nitrogens is 1. The Bertz CT molecular complexity index is 2530. The summed E-state index contributed by atoms with van der Waals surface area (Å²) >= 11 is 0. The number of primary amides is 1. The number of carbonyl (C=O) groups is 9. The molecule has 0 aliphatic carbocycles. The summed E-state index contributed by atoms with van der Waals surface area (Å²) in [7, 11) is 0. The fraction of sp³-hybridized carbons (Fsp3) is 0.490. The first-order valence-corrected chi connectivity index (χ1v) is 24.7. The summed E-state index contributed by atoms with van der Waals surface area (Å²) in [6.07, 6.45) is 2.60. The van der Waals surface area contributed by atoms with E-state index in [-0.39, 0.29) is 102 Å². The van der Waals surface area contributed by atoms with E-state index in [9.17, 15) is 43.2 Å². The Kier molecular flexibility index (Phi) is 21.5. The quantitative estimate of drug-likeness (QED) is 0.0391. The molecule has 7 atom stereocenters. The Morgan fingerprint density at radius 2 is 1.36 bits per heavy atom. The van der Waals surface area contributed by atoms with Gasteiger partial charge in [-0.05, 0) is 75.0 Å². The van der Waals surface area contributed by atoms with Crippen molar-refractivity contribution < 1.29 is 43.2 Å². The van der Waals surface area contributed by atoms with Crippen molar-refractivity contribution in [2.75, 3.05) is 26.2 Å². The molecule has 3 aromatic rings. The van der Waals surface area contributed by atoms with Crippen LogP contribution in [0.2, 0.25) is 0 Å². The van der Waals surface area contributed by atoms with E-state index in [1.807, 2.05) is 24.3 Å². The van der Waals surface area contributed by atoms with Gasteiger partial charge in [-0.2, -0.15) is 0 Å². The van der Waals surface area contributed by atoms with E-state index in [4.69, 9.17) is 28.7 Å². The average molecular weight is 1030 g/mol. The monoisotopic (exact) mass is 1030 g/mol. The van der Waals surface area contributed by atoms with Gasteiger partial charge in [0.15, 0.2) is 11.9 Å². The molecule has 2 fully saturated rings. The molecule has 2 aliphatic heterocycles. The van der Waals surface area contributed by atoms with Gasteiger partial charge in [0.05, 0.1) is 6.42 Å². The molecule has 0 saturated carbocycles. The number of guanidine groups is 2. The number of amides is 9. The number of hydrogen-bond donors (Lipinski definition) is 13. The topological polar surface area (TPSA) is 412 Å². The van der Waals surface area contributed by atoms with Crippen LogP contribution in [0.5, 0.6) is 0 Å². The van der Waals surface area contributed by atoms with Crippen LogP contribution in [-0.4, -0.2) is 143 Å². The lowest BCUT2D eigenvalue weighted by Crippen LogP contribution is -2.60. The van der Waals surface area contributed by atoms with E-state index in [0.717, 1.165) is 10.9 Å². The molecule has 0 bridgehead atoms. The predicted octanol–water partition coefficient (Wildman–Crippen LogP) is -2.84. The summed E-state index contributed by atoms with van der Waals surface area (Å²) in [6.45, 7) is 1.53. The minimum absolute atomic E-state index is 0.0322. The number of nitrogens with two attached hydrogens (primary N) is 5. The zero-order valence-electron chi connectivity index (χ0n) is 41.5. The molecular formula is C49H70N16O9. The van der Waals surface area contributed by atoms with E-state index in [2.05, 4.69) is 52.2 Å². The molecule has 0 radical (unpaired) electrons. The Morgan fingerprint density at radius 1 is 0.730 bits per heavy atom.